The first-order valence-corrected chi connectivity index (χ1v) is 7.58. The third-order valence-electron chi connectivity index (χ3n) is 3.45. The molecule has 0 aromatic heterocycles. The predicted molar refractivity (Wildman–Crippen MR) is 78.0 cm³/mol. The van der Waals surface area contributed by atoms with E-state index in [0.717, 1.165) is 24.3 Å². The Labute approximate surface area is 133 Å². The number of hydrogen-bond donors (Lipinski definition) is 0. The quantitative estimate of drug-likeness (QED) is 0.474. The molecule has 22 heavy (non-hydrogen) atoms. The monoisotopic (exact) mass is 378 g/mol. The topological polar surface area (TPSA) is 0 Å². The molecule has 0 amide bonds. The van der Waals surface area contributed by atoms with Gasteiger partial charge in [0.05, 0.1) is 5.92 Å². The first-order chi connectivity index (χ1) is 10.3. The highest BCUT2D eigenvalue weighted by molar-refractivity contribution is 9.09. The molecule has 0 N–H and O–H groups in total. The average Bonchev–Trinajstić information content (AvgIpc) is 2.46. The fourth-order valence-corrected chi connectivity index (χ4v) is 3.10. The minimum Gasteiger partial charge on any atom is -0.207 e. The Morgan fingerprint density at radius 1 is 0.773 bits per heavy atom. The van der Waals surface area contributed by atoms with Gasteiger partial charge in [-0.2, -0.15) is 13.2 Å². The molecule has 0 saturated carbocycles. The van der Waals surface area contributed by atoms with Crippen LogP contribution in [-0.2, 0) is 0 Å². The maximum Gasteiger partial charge on any atom is 0.393 e. The normalized spacial score (nSPS) is 13.4. The molecular formula is C16H12BrF5. The Morgan fingerprint density at radius 2 is 1.14 bits per heavy atom. The summed E-state index contributed by atoms with van der Waals surface area (Å²) in [7, 11) is 0. The van der Waals surface area contributed by atoms with E-state index >= 15 is 0 Å². The van der Waals surface area contributed by atoms with E-state index in [1.165, 1.54) is 24.3 Å². The van der Waals surface area contributed by atoms with Gasteiger partial charge in [-0.05, 0) is 35.4 Å². The highest BCUT2D eigenvalue weighted by Gasteiger charge is 2.45. The van der Waals surface area contributed by atoms with Gasteiger partial charge in [0, 0.05) is 11.2 Å². The van der Waals surface area contributed by atoms with E-state index in [2.05, 4.69) is 15.9 Å². The van der Waals surface area contributed by atoms with Crippen LogP contribution >= 0.6 is 15.9 Å². The number of rotatable bonds is 4. The van der Waals surface area contributed by atoms with Gasteiger partial charge in [0.1, 0.15) is 11.6 Å². The van der Waals surface area contributed by atoms with E-state index in [0.29, 0.717) is 11.1 Å². The maximum atomic E-state index is 13.3. The van der Waals surface area contributed by atoms with Crippen LogP contribution in [0.25, 0.3) is 0 Å². The molecule has 1 unspecified atom stereocenters. The van der Waals surface area contributed by atoms with Gasteiger partial charge in [-0.15, -0.1) is 0 Å². The van der Waals surface area contributed by atoms with Gasteiger partial charge < -0.3 is 0 Å². The van der Waals surface area contributed by atoms with E-state index in [1.807, 2.05) is 0 Å². The summed E-state index contributed by atoms with van der Waals surface area (Å²) in [5, 5.41) is -0.310. The van der Waals surface area contributed by atoms with Gasteiger partial charge in [0.25, 0.3) is 0 Å². The Morgan fingerprint density at radius 3 is 1.41 bits per heavy atom. The summed E-state index contributed by atoms with van der Waals surface area (Å²) in [5.74, 6) is -3.79. The minimum absolute atomic E-state index is 0.310. The minimum atomic E-state index is -4.45. The van der Waals surface area contributed by atoms with Crippen LogP contribution in [0, 0.1) is 17.6 Å². The zero-order chi connectivity index (χ0) is 16.3. The molecule has 2 aromatic rings. The number of hydrogen-bond acceptors (Lipinski definition) is 0. The second-order valence-electron chi connectivity index (χ2n) is 4.88. The van der Waals surface area contributed by atoms with Crippen LogP contribution in [0.1, 0.15) is 17.0 Å². The van der Waals surface area contributed by atoms with Crippen LogP contribution in [0.5, 0.6) is 0 Å². The third kappa shape index (κ3) is 3.85. The smallest absolute Gasteiger partial charge is 0.207 e. The van der Waals surface area contributed by atoms with E-state index in [-0.39, 0.29) is 5.33 Å². The zero-order valence-corrected chi connectivity index (χ0v) is 12.8. The first kappa shape index (κ1) is 16.9. The van der Waals surface area contributed by atoms with Gasteiger partial charge in [-0.25, -0.2) is 8.78 Å². The molecule has 0 saturated heterocycles. The molecule has 0 aliphatic heterocycles. The molecule has 0 aliphatic carbocycles. The Bertz CT molecular complexity index is 558. The van der Waals surface area contributed by atoms with Crippen LogP contribution in [0.2, 0.25) is 0 Å². The van der Waals surface area contributed by atoms with Crippen LogP contribution in [-0.4, -0.2) is 11.5 Å². The van der Waals surface area contributed by atoms with Crippen molar-refractivity contribution < 1.29 is 22.0 Å². The standard InChI is InChI=1S/C16H12BrF5/c17-9-14(16(20,21)22)15(10-1-5-12(18)6-2-10)11-3-7-13(19)8-4-11/h1-8,14-15H,9H2. The highest BCUT2D eigenvalue weighted by atomic mass is 79.9. The lowest BCUT2D eigenvalue weighted by molar-refractivity contribution is -0.171. The second-order valence-corrected chi connectivity index (χ2v) is 5.53. The fourth-order valence-electron chi connectivity index (χ4n) is 2.36. The zero-order valence-electron chi connectivity index (χ0n) is 11.2. The van der Waals surface area contributed by atoms with Crippen molar-refractivity contribution in [1.29, 1.82) is 0 Å². The van der Waals surface area contributed by atoms with Gasteiger partial charge >= 0.3 is 6.18 Å². The van der Waals surface area contributed by atoms with Crippen LogP contribution in [0.15, 0.2) is 48.5 Å². The number of benzene rings is 2. The molecule has 2 rings (SSSR count). The summed E-state index contributed by atoms with van der Waals surface area (Å²) in [4.78, 5) is 0. The number of alkyl halides is 4. The predicted octanol–water partition coefficient (Wildman–Crippen LogP) is 5.67. The van der Waals surface area contributed by atoms with Crippen molar-refractivity contribution in [1.82, 2.24) is 0 Å². The summed E-state index contributed by atoms with van der Waals surface area (Å²) in [6.45, 7) is 0. The Balaban J connectivity index is 2.53. The van der Waals surface area contributed by atoms with Crippen molar-refractivity contribution in [2.24, 2.45) is 5.92 Å². The molecule has 0 aliphatic rings. The van der Waals surface area contributed by atoms with Gasteiger partial charge in [0.2, 0.25) is 0 Å². The molecule has 0 heterocycles. The lowest BCUT2D eigenvalue weighted by Gasteiger charge is -2.28. The lowest BCUT2D eigenvalue weighted by Crippen LogP contribution is -2.31. The Kier molecular flexibility index (Phi) is 5.21. The van der Waals surface area contributed by atoms with Crippen molar-refractivity contribution in [2.75, 3.05) is 5.33 Å². The van der Waals surface area contributed by atoms with Gasteiger partial charge in [0.15, 0.2) is 0 Å². The maximum absolute atomic E-state index is 13.3. The molecule has 0 fully saturated rings. The van der Waals surface area contributed by atoms with Crippen molar-refractivity contribution in [3.63, 3.8) is 0 Å². The van der Waals surface area contributed by atoms with E-state index in [1.54, 1.807) is 0 Å². The fraction of sp³-hybridized carbons (Fsp3) is 0.250. The average molecular weight is 379 g/mol. The third-order valence-corrected chi connectivity index (χ3v) is 4.14. The van der Waals surface area contributed by atoms with Crippen molar-refractivity contribution in [2.45, 2.75) is 12.1 Å². The molecule has 0 spiro atoms. The molecule has 6 heteroatoms. The van der Waals surface area contributed by atoms with Gasteiger partial charge in [-0.3, -0.25) is 0 Å². The molecule has 2 aromatic carbocycles. The molecular weight excluding hydrogens is 367 g/mol. The summed E-state index contributed by atoms with van der Waals surface area (Å²) in [6, 6.07) is 9.77. The SMILES string of the molecule is Fc1ccc(C(c2ccc(F)cc2)C(CBr)C(F)(F)F)cc1. The van der Waals surface area contributed by atoms with Crippen molar-refractivity contribution in [3.05, 3.63) is 71.3 Å². The summed E-state index contributed by atoms with van der Waals surface area (Å²) < 4.78 is 66.0. The van der Waals surface area contributed by atoms with E-state index < -0.39 is 29.6 Å². The Hall–Kier alpha value is -1.43. The lowest BCUT2D eigenvalue weighted by atomic mass is 9.81. The van der Waals surface area contributed by atoms with Crippen LogP contribution < -0.4 is 0 Å². The van der Waals surface area contributed by atoms with Crippen LogP contribution in [0.3, 0.4) is 0 Å². The summed E-state index contributed by atoms with van der Waals surface area (Å²) in [5.41, 5.74) is 0.657. The van der Waals surface area contributed by atoms with E-state index in [4.69, 9.17) is 0 Å². The van der Waals surface area contributed by atoms with Crippen LogP contribution in [0.4, 0.5) is 22.0 Å². The van der Waals surface area contributed by atoms with Crippen molar-refractivity contribution in [3.8, 4) is 0 Å². The highest BCUT2D eigenvalue weighted by Crippen LogP contribution is 2.42. The van der Waals surface area contributed by atoms with Gasteiger partial charge in [-0.1, -0.05) is 40.2 Å². The molecule has 0 radical (unpaired) electrons. The second kappa shape index (κ2) is 6.77. The molecule has 1 atom stereocenters. The molecule has 0 bridgehead atoms. The van der Waals surface area contributed by atoms with E-state index in [9.17, 15) is 22.0 Å². The molecule has 0 nitrogen and oxygen atoms in total. The number of halogens is 6. The first-order valence-electron chi connectivity index (χ1n) is 6.46. The summed E-state index contributed by atoms with van der Waals surface area (Å²) in [6.07, 6.45) is -4.45. The summed E-state index contributed by atoms with van der Waals surface area (Å²) >= 11 is 2.91. The van der Waals surface area contributed by atoms with Crippen molar-refractivity contribution >= 4 is 15.9 Å². The molecule has 118 valence electrons. The largest absolute Gasteiger partial charge is 0.393 e.